The molecule has 0 aromatic rings. The van der Waals surface area contributed by atoms with E-state index < -0.39 is 21.1 Å². The SMILES string of the molecule is CC(C)CCOCCS(=O)(=O)C(C)C(=O)O. The number of carbonyl (C=O) groups is 1. The molecular weight excluding hydrogens is 232 g/mol. The molecule has 0 saturated heterocycles. The standard InChI is InChI=1S/C10H20O5S/c1-8(2)4-5-15-6-7-16(13,14)9(3)10(11)12/h8-9H,4-7H2,1-3H3,(H,11,12). The summed E-state index contributed by atoms with van der Waals surface area (Å²) in [6.07, 6.45) is 0.870. The summed E-state index contributed by atoms with van der Waals surface area (Å²) in [6.45, 7) is 5.84. The predicted molar refractivity (Wildman–Crippen MR) is 61.2 cm³/mol. The lowest BCUT2D eigenvalue weighted by Gasteiger charge is -2.09. The lowest BCUT2D eigenvalue weighted by molar-refractivity contribution is -0.136. The van der Waals surface area contributed by atoms with Gasteiger partial charge in [0.05, 0.1) is 12.4 Å². The molecule has 1 N–H and O–H groups in total. The Morgan fingerprint density at radius 1 is 1.25 bits per heavy atom. The van der Waals surface area contributed by atoms with Crippen LogP contribution in [0.1, 0.15) is 27.2 Å². The number of aliphatic carboxylic acids is 1. The molecule has 0 rings (SSSR count). The molecule has 0 amide bonds. The zero-order chi connectivity index (χ0) is 12.8. The summed E-state index contributed by atoms with van der Waals surface area (Å²) in [5.74, 6) is -1.05. The average molecular weight is 252 g/mol. The van der Waals surface area contributed by atoms with Crippen LogP contribution in [0, 0.1) is 5.92 Å². The molecule has 0 spiro atoms. The monoisotopic (exact) mass is 252 g/mol. The number of rotatable bonds is 8. The molecule has 6 heteroatoms. The second kappa shape index (κ2) is 6.85. The van der Waals surface area contributed by atoms with Gasteiger partial charge in [-0.1, -0.05) is 13.8 Å². The Labute approximate surface area is 96.7 Å². The van der Waals surface area contributed by atoms with Gasteiger partial charge in [0, 0.05) is 6.61 Å². The second-order valence-electron chi connectivity index (χ2n) is 4.14. The van der Waals surface area contributed by atoms with E-state index in [1.54, 1.807) is 0 Å². The minimum atomic E-state index is -3.58. The van der Waals surface area contributed by atoms with Crippen molar-refractivity contribution in [2.24, 2.45) is 5.92 Å². The minimum absolute atomic E-state index is 0.0622. The minimum Gasteiger partial charge on any atom is -0.480 e. The summed E-state index contributed by atoms with van der Waals surface area (Å²) >= 11 is 0. The summed E-state index contributed by atoms with van der Waals surface area (Å²) in [5, 5.41) is 7.21. The molecule has 16 heavy (non-hydrogen) atoms. The van der Waals surface area contributed by atoms with Crippen LogP contribution in [-0.2, 0) is 19.4 Å². The Kier molecular flexibility index (Phi) is 6.59. The van der Waals surface area contributed by atoms with Gasteiger partial charge >= 0.3 is 5.97 Å². The first kappa shape index (κ1) is 15.4. The fourth-order valence-corrected chi connectivity index (χ4v) is 1.94. The Morgan fingerprint density at radius 3 is 2.25 bits per heavy atom. The van der Waals surface area contributed by atoms with Crippen molar-refractivity contribution in [3.63, 3.8) is 0 Å². The summed E-state index contributed by atoms with van der Waals surface area (Å²) in [5.41, 5.74) is 0. The van der Waals surface area contributed by atoms with Gasteiger partial charge in [0.2, 0.25) is 0 Å². The van der Waals surface area contributed by atoms with Crippen LogP contribution in [0.25, 0.3) is 0 Å². The molecular formula is C10H20O5S. The third-order valence-corrected chi connectivity index (χ3v) is 4.25. The van der Waals surface area contributed by atoms with E-state index in [2.05, 4.69) is 0 Å². The van der Waals surface area contributed by atoms with Crippen LogP contribution in [-0.4, -0.2) is 43.7 Å². The van der Waals surface area contributed by atoms with Crippen molar-refractivity contribution in [2.45, 2.75) is 32.4 Å². The van der Waals surface area contributed by atoms with Crippen molar-refractivity contribution in [1.29, 1.82) is 0 Å². The van der Waals surface area contributed by atoms with Crippen LogP contribution in [0.4, 0.5) is 0 Å². The normalized spacial score (nSPS) is 14.0. The zero-order valence-corrected chi connectivity index (χ0v) is 10.8. The van der Waals surface area contributed by atoms with Gasteiger partial charge in [0.15, 0.2) is 15.1 Å². The zero-order valence-electron chi connectivity index (χ0n) is 9.97. The Hall–Kier alpha value is -0.620. The van der Waals surface area contributed by atoms with Gasteiger partial charge in [-0.2, -0.15) is 0 Å². The molecule has 1 atom stereocenters. The Bertz CT molecular complexity index is 307. The first-order chi connectivity index (χ1) is 7.27. The van der Waals surface area contributed by atoms with Gasteiger partial charge in [0.25, 0.3) is 0 Å². The molecule has 1 unspecified atom stereocenters. The molecule has 96 valence electrons. The van der Waals surface area contributed by atoms with Crippen LogP contribution in [0.5, 0.6) is 0 Å². The first-order valence-corrected chi connectivity index (χ1v) is 7.01. The molecule has 0 saturated carbocycles. The van der Waals surface area contributed by atoms with Crippen LogP contribution >= 0.6 is 0 Å². The molecule has 5 nitrogen and oxygen atoms in total. The molecule has 0 aromatic carbocycles. The average Bonchev–Trinajstić information content (AvgIpc) is 2.15. The third-order valence-electron chi connectivity index (χ3n) is 2.24. The molecule has 0 aliphatic carbocycles. The number of hydrogen-bond donors (Lipinski definition) is 1. The van der Waals surface area contributed by atoms with Crippen LogP contribution in [0.15, 0.2) is 0 Å². The maximum atomic E-state index is 11.4. The number of carboxylic acid groups (broad SMARTS) is 1. The highest BCUT2D eigenvalue weighted by atomic mass is 32.2. The van der Waals surface area contributed by atoms with E-state index in [-0.39, 0.29) is 12.4 Å². The molecule has 0 aromatic heterocycles. The van der Waals surface area contributed by atoms with Crippen molar-refractivity contribution >= 4 is 15.8 Å². The highest BCUT2D eigenvalue weighted by molar-refractivity contribution is 7.92. The summed E-state index contributed by atoms with van der Waals surface area (Å²) in [4.78, 5) is 10.5. The largest absolute Gasteiger partial charge is 0.480 e. The van der Waals surface area contributed by atoms with Crippen molar-refractivity contribution in [1.82, 2.24) is 0 Å². The molecule has 0 aliphatic rings. The van der Waals surface area contributed by atoms with Gasteiger partial charge in [-0.3, -0.25) is 4.79 Å². The lowest BCUT2D eigenvalue weighted by atomic mass is 10.1. The van der Waals surface area contributed by atoms with E-state index in [9.17, 15) is 13.2 Å². The van der Waals surface area contributed by atoms with Crippen molar-refractivity contribution in [3.8, 4) is 0 Å². The lowest BCUT2D eigenvalue weighted by Crippen LogP contribution is -2.30. The topological polar surface area (TPSA) is 80.7 Å². The Morgan fingerprint density at radius 2 is 1.81 bits per heavy atom. The molecule has 0 heterocycles. The first-order valence-electron chi connectivity index (χ1n) is 5.29. The van der Waals surface area contributed by atoms with E-state index in [1.165, 1.54) is 6.92 Å². The fourth-order valence-electron chi connectivity index (χ4n) is 0.927. The second-order valence-corrected chi connectivity index (χ2v) is 6.58. The number of hydrogen-bond acceptors (Lipinski definition) is 4. The number of ether oxygens (including phenoxy) is 1. The summed E-state index contributed by atoms with van der Waals surface area (Å²) < 4.78 is 28.0. The number of carboxylic acids is 1. The third kappa shape index (κ3) is 6.07. The number of sulfone groups is 1. The fraction of sp³-hybridized carbons (Fsp3) is 0.900. The van der Waals surface area contributed by atoms with Gasteiger partial charge in [-0.25, -0.2) is 8.42 Å². The van der Waals surface area contributed by atoms with Crippen molar-refractivity contribution in [2.75, 3.05) is 19.0 Å². The van der Waals surface area contributed by atoms with E-state index >= 15 is 0 Å². The van der Waals surface area contributed by atoms with E-state index in [4.69, 9.17) is 9.84 Å². The highest BCUT2D eigenvalue weighted by Gasteiger charge is 2.26. The highest BCUT2D eigenvalue weighted by Crippen LogP contribution is 2.03. The van der Waals surface area contributed by atoms with Gasteiger partial charge in [-0.15, -0.1) is 0 Å². The van der Waals surface area contributed by atoms with Crippen LogP contribution in [0.3, 0.4) is 0 Å². The van der Waals surface area contributed by atoms with Gasteiger partial charge in [-0.05, 0) is 19.3 Å². The summed E-state index contributed by atoms with van der Waals surface area (Å²) in [6, 6.07) is 0. The van der Waals surface area contributed by atoms with Crippen LogP contribution in [0.2, 0.25) is 0 Å². The molecule has 0 bridgehead atoms. The smallest absolute Gasteiger partial charge is 0.321 e. The van der Waals surface area contributed by atoms with E-state index in [1.807, 2.05) is 13.8 Å². The quantitative estimate of drug-likeness (QED) is 0.650. The van der Waals surface area contributed by atoms with Crippen LogP contribution < -0.4 is 0 Å². The maximum absolute atomic E-state index is 11.4. The molecule has 0 radical (unpaired) electrons. The van der Waals surface area contributed by atoms with E-state index in [0.717, 1.165) is 6.42 Å². The molecule has 0 fully saturated rings. The molecule has 0 aliphatic heterocycles. The maximum Gasteiger partial charge on any atom is 0.321 e. The van der Waals surface area contributed by atoms with E-state index in [0.29, 0.717) is 12.5 Å². The van der Waals surface area contributed by atoms with Gasteiger partial charge in [0.1, 0.15) is 0 Å². The summed E-state index contributed by atoms with van der Waals surface area (Å²) in [7, 11) is -3.58. The van der Waals surface area contributed by atoms with Gasteiger partial charge < -0.3 is 9.84 Å². The predicted octanol–water partition coefficient (Wildman–Crippen LogP) is 0.937. The van der Waals surface area contributed by atoms with Crippen molar-refractivity contribution in [3.05, 3.63) is 0 Å². The Balaban J connectivity index is 3.88. The van der Waals surface area contributed by atoms with Crippen molar-refractivity contribution < 1.29 is 23.1 Å².